The van der Waals surface area contributed by atoms with Crippen LogP contribution in [0.3, 0.4) is 0 Å². The Morgan fingerprint density at radius 3 is 2.47 bits per heavy atom. The van der Waals surface area contributed by atoms with E-state index in [1.165, 1.54) is 12.1 Å². The summed E-state index contributed by atoms with van der Waals surface area (Å²) in [4.78, 5) is 23.7. The molecule has 1 aromatic carbocycles. The lowest BCUT2D eigenvalue weighted by Gasteiger charge is -2.14. The topological polar surface area (TPSA) is 46.6 Å². The number of nitrogens with zero attached hydrogens (tertiary/aromatic N) is 1. The highest BCUT2D eigenvalue weighted by atomic mass is 19.1. The number of amides is 2. The molecule has 0 unspecified atom stereocenters. The summed E-state index contributed by atoms with van der Waals surface area (Å²) in [6.45, 7) is 0.282. The van der Waals surface area contributed by atoms with Crippen LogP contribution in [0.25, 0.3) is 0 Å². The number of benzene rings is 1. The Morgan fingerprint density at radius 1 is 1.18 bits per heavy atom. The highest BCUT2D eigenvalue weighted by molar-refractivity contribution is 6.01. The lowest BCUT2D eigenvalue weighted by molar-refractivity contribution is -0.138. The largest absolute Gasteiger partial charge is 0.489 e. The fraction of sp³-hybridized carbons (Fsp3) is 0.333. The lowest BCUT2D eigenvalue weighted by Crippen LogP contribution is -2.33. The number of hydrogen-bond donors (Lipinski definition) is 0. The van der Waals surface area contributed by atoms with Gasteiger partial charge in [-0.25, -0.2) is 4.39 Å². The number of rotatable bonds is 4. The predicted molar refractivity (Wildman–Crippen MR) is 57.8 cm³/mol. The summed E-state index contributed by atoms with van der Waals surface area (Å²) in [6, 6.07) is 6.02. The number of carbonyl (C=O) groups is 2. The molecule has 0 N–H and O–H groups in total. The van der Waals surface area contributed by atoms with Crippen LogP contribution in [0.2, 0.25) is 0 Å². The van der Waals surface area contributed by atoms with Crippen LogP contribution in [0, 0.1) is 5.82 Å². The van der Waals surface area contributed by atoms with Crippen molar-refractivity contribution in [3.8, 4) is 5.75 Å². The van der Waals surface area contributed by atoms with Crippen molar-refractivity contribution in [3.63, 3.8) is 0 Å². The van der Waals surface area contributed by atoms with Gasteiger partial charge in [0.25, 0.3) is 0 Å². The molecule has 1 heterocycles. The predicted octanol–water partition coefficient (Wildman–Crippen LogP) is 1.35. The van der Waals surface area contributed by atoms with Crippen molar-refractivity contribution in [2.75, 3.05) is 13.2 Å². The van der Waals surface area contributed by atoms with Crippen LogP contribution in [-0.4, -0.2) is 29.9 Å². The highest BCUT2D eigenvalue weighted by Crippen LogP contribution is 2.16. The third-order valence-electron chi connectivity index (χ3n) is 2.56. The van der Waals surface area contributed by atoms with Crippen molar-refractivity contribution in [2.24, 2.45) is 0 Å². The zero-order valence-electron chi connectivity index (χ0n) is 9.19. The quantitative estimate of drug-likeness (QED) is 0.743. The molecule has 2 rings (SSSR count). The van der Waals surface area contributed by atoms with Crippen molar-refractivity contribution in [1.29, 1.82) is 0 Å². The van der Waals surface area contributed by atoms with E-state index in [1.54, 1.807) is 12.1 Å². The monoisotopic (exact) mass is 237 g/mol. The molecule has 0 aliphatic carbocycles. The second kappa shape index (κ2) is 4.95. The first-order chi connectivity index (χ1) is 8.18. The van der Waals surface area contributed by atoms with Crippen LogP contribution < -0.4 is 4.74 Å². The Kier molecular flexibility index (Phi) is 3.37. The van der Waals surface area contributed by atoms with Crippen LogP contribution in [0.1, 0.15) is 12.8 Å². The maximum Gasteiger partial charge on any atom is 0.229 e. The van der Waals surface area contributed by atoms with Gasteiger partial charge in [0.15, 0.2) is 11.6 Å². The lowest BCUT2D eigenvalue weighted by atomic mass is 10.3. The molecule has 0 spiro atoms. The summed E-state index contributed by atoms with van der Waals surface area (Å²) in [5, 5.41) is 0. The van der Waals surface area contributed by atoms with Gasteiger partial charge in [-0.2, -0.15) is 0 Å². The van der Waals surface area contributed by atoms with Crippen LogP contribution >= 0.6 is 0 Å². The van der Waals surface area contributed by atoms with Crippen molar-refractivity contribution in [3.05, 3.63) is 30.1 Å². The average Bonchev–Trinajstić information content (AvgIpc) is 2.63. The molecule has 90 valence electrons. The maximum atomic E-state index is 13.2. The van der Waals surface area contributed by atoms with Gasteiger partial charge in [-0.15, -0.1) is 0 Å². The molecule has 1 aliphatic heterocycles. The minimum Gasteiger partial charge on any atom is -0.489 e. The first-order valence-electron chi connectivity index (χ1n) is 5.39. The second-order valence-electron chi connectivity index (χ2n) is 3.72. The summed E-state index contributed by atoms with van der Waals surface area (Å²) in [6.07, 6.45) is 0.525. The van der Waals surface area contributed by atoms with Crippen molar-refractivity contribution in [1.82, 2.24) is 4.90 Å². The van der Waals surface area contributed by atoms with Gasteiger partial charge < -0.3 is 4.74 Å². The number of ether oxygens (including phenoxy) is 1. The van der Waals surface area contributed by atoms with Crippen LogP contribution in [0.4, 0.5) is 4.39 Å². The van der Waals surface area contributed by atoms with Crippen LogP contribution in [-0.2, 0) is 9.59 Å². The van der Waals surface area contributed by atoms with Gasteiger partial charge in [0.05, 0.1) is 6.54 Å². The van der Waals surface area contributed by atoms with Gasteiger partial charge in [0, 0.05) is 12.8 Å². The molecule has 1 aliphatic rings. The summed E-state index contributed by atoms with van der Waals surface area (Å²) in [7, 11) is 0. The normalized spacial score (nSPS) is 15.5. The SMILES string of the molecule is O=C1CCC(=O)N1CCOc1ccccc1F. The van der Waals surface area contributed by atoms with E-state index >= 15 is 0 Å². The first-order valence-corrected chi connectivity index (χ1v) is 5.39. The number of carbonyl (C=O) groups excluding carboxylic acids is 2. The molecule has 0 aromatic heterocycles. The molecule has 1 saturated heterocycles. The van der Waals surface area contributed by atoms with Gasteiger partial charge in [0.1, 0.15) is 6.61 Å². The molecule has 17 heavy (non-hydrogen) atoms. The van der Waals surface area contributed by atoms with E-state index in [9.17, 15) is 14.0 Å². The molecule has 0 radical (unpaired) electrons. The number of hydrogen-bond acceptors (Lipinski definition) is 3. The molecule has 0 atom stereocenters. The molecule has 1 aromatic rings. The second-order valence-corrected chi connectivity index (χ2v) is 3.72. The summed E-state index contributed by atoms with van der Waals surface area (Å²) in [5.74, 6) is -0.697. The fourth-order valence-corrected chi connectivity index (χ4v) is 1.68. The molecule has 0 bridgehead atoms. The Balaban J connectivity index is 1.86. The van der Waals surface area contributed by atoms with Gasteiger partial charge in [-0.3, -0.25) is 14.5 Å². The fourth-order valence-electron chi connectivity index (χ4n) is 1.68. The number of halogens is 1. The number of likely N-dealkylation sites (tertiary alicyclic amines) is 1. The third kappa shape index (κ3) is 2.61. The minimum atomic E-state index is -0.452. The highest BCUT2D eigenvalue weighted by Gasteiger charge is 2.28. The van der Waals surface area contributed by atoms with Gasteiger partial charge in [-0.1, -0.05) is 12.1 Å². The van der Waals surface area contributed by atoms with Gasteiger partial charge >= 0.3 is 0 Å². The van der Waals surface area contributed by atoms with Crippen molar-refractivity contribution < 1.29 is 18.7 Å². The van der Waals surface area contributed by atoms with E-state index in [0.717, 1.165) is 4.90 Å². The van der Waals surface area contributed by atoms with E-state index in [-0.39, 0.29) is 43.6 Å². The van der Waals surface area contributed by atoms with Crippen molar-refractivity contribution in [2.45, 2.75) is 12.8 Å². The third-order valence-corrected chi connectivity index (χ3v) is 2.56. The smallest absolute Gasteiger partial charge is 0.229 e. The van der Waals surface area contributed by atoms with E-state index in [0.29, 0.717) is 0 Å². The Bertz CT molecular complexity index is 431. The molecule has 2 amide bonds. The van der Waals surface area contributed by atoms with Crippen LogP contribution in [0.5, 0.6) is 5.75 Å². The Morgan fingerprint density at radius 2 is 1.82 bits per heavy atom. The average molecular weight is 237 g/mol. The molecule has 5 heteroatoms. The molecule has 0 saturated carbocycles. The molecule has 1 fully saturated rings. The first kappa shape index (κ1) is 11.6. The number of para-hydroxylation sites is 1. The maximum absolute atomic E-state index is 13.2. The zero-order valence-corrected chi connectivity index (χ0v) is 9.19. The zero-order chi connectivity index (χ0) is 12.3. The standard InChI is InChI=1S/C12H12FNO3/c13-9-3-1-2-4-10(9)17-8-7-14-11(15)5-6-12(14)16/h1-4H,5-8H2. The number of imide groups is 1. The van der Waals surface area contributed by atoms with E-state index < -0.39 is 5.82 Å². The molecule has 4 nitrogen and oxygen atoms in total. The minimum absolute atomic E-state index is 0.110. The van der Waals surface area contributed by atoms with Gasteiger partial charge in [-0.05, 0) is 12.1 Å². The summed E-state index contributed by atoms with van der Waals surface area (Å²) < 4.78 is 18.3. The summed E-state index contributed by atoms with van der Waals surface area (Å²) in [5.41, 5.74) is 0. The molecular weight excluding hydrogens is 225 g/mol. The molecular formula is C12H12FNO3. The Labute approximate surface area is 98.0 Å². The van der Waals surface area contributed by atoms with Gasteiger partial charge in [0.2, 0.25) is 11.8 Å². The summed E-state index contributed by atoms with van der Waals surface area (Å²) >= 11 is 0. The van der Waals surface area contributed by atoms with E-state index in [1.807, 2.05) is 0 Å². The van der Waals surface area contributed by atoms with E-state index in [4.69, 9.17) is 4.74 Å². The Hall–Kier alpha value is -1.91. The van der Waals surface area contributed by atoms with E-state index in [2.05, 4.69) is 0 Å². The van der Waals surface area contributed by atoms with Crippen LogP contribution in [0.15, 0.2) is 24.3 Å². The van der Waals surface area contributed by atoms with Crippen molar-refractivity contribution >= 4 is 11.8 Å².